The molecule has 0 aliphatic rings. The maximum atomic E-state index is 12.1. The number of rotatable bonds is 6. The molecular weight excluding hydrogens is 344 g/mol. The van der Waals surface area contributed by atoms with Crippen LogP contribution in [-0.4, -0.2) is 37.4 Å². The SMILES string of the molecule is COc1ccc(Cl)cc1NC(=O)CN(C)C(=O)/C=C/c1ccc(C)o1. The predicted octanol–water partition coefficient (Wildman–Crippen LogP) is 3.36. The average molecular weight is 363 g/mol. The standard InChI is InChI=1S/C18H19ClN2O4/c1-12-4-6-14(25-12)7-9-18(23)21(2)11-17(22)20-15-10-13(19)5-8-16(15)24-3/h4-10H,11H2,1-3H3,(H,20,22)/b9-7+. The van der Waals surface area contributed by atoms with Gasteiger partial charge in [0, 0.05) is 18.1 Å². The first-order valence-electron chi connectivity index (χ1n) is 7.52. The van der Waals surface area contributed by atoms with Crippen molar-refractivity contribution in [3.05, 3.63) is 53.0 Å². The average Bonchev–Trinajstić information content (AvgIpc) is 2.98. The molecule has 0 spiro atoms. The van der Waals surface area contributed by atoms with Gasteiger partial charge < -0.3 is 19.4 Å². The van der Waals surface area contributed by atoms with Gasteiger partial charge in [-0.2, -0.15) is 0 Å². The fourth-order valence-electron chi connectivity index (χ4n) is 2.08. The van der Waals surface area contributed by atoms with Crippen molar-refractivity contribution >= 4 is 35.2 Å². The summed E-state index contributed by atoms with van der Waals surface area (Å²) in [5.74, 6) is 1.14. The van der Waals surface area contributed by atoms with Gasteiger partial charge in [0.05, 0.1) is 19.3 Å². The summed E-state index contributed by atoms with van der Waals surface area (Å²) in [6, 6.07) is 8.46. The van der Waals surface area contributed by atoms with E-state index in [0.29, 0.717) is 22.2 Å². The van der Waals surface area contributed by atoms with E-state index in [1.807, 2.05) is 6.92 Å². The Morgan fingerprint density at radius 2 is 2.08 bits per heavy atom. The number of halogens is 1. The molecule has 2 rings (SSSR count). The Morgan fingerprint density at radius 1 is 1.32 bits per heavy atom. The lowest BCUT2D eigenvalue weighted by molar-refractivity contribution is -0.129. The molecule has 0 aliphatic heterocycles. The topological polar surface area (TPSA) is 71.8 Å². The fourth-order valence-corrected chi connectivity index (χ4v) is 2.26. The molecule has 0 radical (unpaired) electrons. The van der Waals surface area contributed by atoms with Gasteiger partial charge in [0.1, 0.15) is 17.3 Å². The Morgan fingerprint density at radius 3 is 2.72 bits per heavy atom. The number of hydrogen-bond donors (Lipinski definition) is 1. The van der Waals surface area contributed by atoms with Gasteiger partial charge in [-0.1, -0.05) is 11.6 Å². The van der Waals surface area contributed by atoms with Gasteiger partial charge in [0.2, 0.25) is 11.8 Å². The van der Waals surface area contributed by atoms with Crippen LogP contribution in [0.5, 0.6) is 5.75 Å². The molecule has 0 saturated carbocycles. The number of carbonyl (C=O) groups excluding carboxylic acids is 2. The molecule has 1 aromatic heterocycles. The number of carbonyl (C=O) groups is 2. The van der Waals surface area contributed by atoms with Crippen molar-refractivity contribution in [3.63, 3.8) is 0 Å². The van der Waals surface area contributed by atoms with Gasteiger partial charge >= 0.3 is 0 Å². The fraction of sp³-hybridized carbons (Fsp3) is 0.222. The first-order chi connectivity index (χ1) is 11.9. The minimum Gasteiger partial charge on any atom is -0.495 e. The molecule has 1 N–H and O–H groups in total. The summed E-state index contributed by atoms with van der Waals surface area (Å²) in [5.41, 5.74) is 0.447. The number of anilines is 1. The number of methoxy groups -OCH3 is 1. The van der Waals surface area contributed by atoms with Crippen molar-refractivity contribution in [1.29, 1.82) is 0 Å². The van der Waals surface area contributed by atoms with Gasteiger partial charge in [0.25, 0.3) is 0 Å². The van der Waals surface area contributed by atoms with Crippen LogP contribution >= 0.6 is 11.6 Å². The summed E-state index contributed by atoms with van der Waals surface area (Å²) in [6.07, 6.45) is 2.91. The quantitative estimate of drug-likeness (QED) is 0.800. The van der Waals surface area contributed by atoms with Crippen molar-refractivity contribution in [2.24, 2.45) is 0 Å². The third-order valence-electron chi connectivity index (χ3n) is 3.34. The van der Waals surface area contributed by atoms with Gasteiger partial charge in [-0.05, 0) is 43.3 Å². The molecule has 25 heavy (non-hydrogen) atoms. The molecule has 2 aromatic rings. The zero-order chi connectivity index (χ0) is 18.4. The molecular formula is C18H19ClN2O4. The molecule has 2 amide bonds. The van der Waals surface area contributed by atoms with Crippen LogP contribution in [0.15, 0.2) is 40.8 Å². The number of ether oxygens (including phenoxy) is 1. The van der Waals surface area contributed by atoms with Crippen molar-refractivity contribution in [2.75, 3.05) is 26.0 Å². The first kappa shape index (κ1) is 18.6. The number of amides is 2. The Balaban J connectivity index is 1.94. The number of aryl methyl sites for hydroxylation is 1. The van der Waals surface area contributed by atoms with E-state index in [4.69, 9.17) is 20.8 Å². The Hall–Kier alpha value is -2.73. The van der Waals surface area contributed by atoms with Crippen LogP contribution in [0.2, 0.25) is 5.02 Å². The molecule has 0 unspecified atom stereocenters. The normalized spacial score (nSPS) is 10.7. The van der Waals surface area contributed by atoms with E-state index in [0.717, 1.165) is 5.76 Å². The maximum Gasteiger partial charge on any atom is 0.246 e. The maximum absolute atomic E-state index is 12.1. The smallest absolute Gasteiger partial charge is 0.246 e. The summed E-state index contributed by atoms with van der Waals surface area (Å²) in [7, 11) is 3.03. The largest absolute Gasteiger partial charge is 0.495 e. The van der Waals surface area contributed by atoms with Crippen molar-refractivity contribution in [2.45, 2.75) is 6.92 Å². The van der Waals surface area contributed by atoms with Crippen molar-refractivity contribution < 1.29 is 18.7 Å². The Labute approximate surface area is 151 Å². The van der Waals surface area contributed by atoms with Gasteiger partial charge in [-0.15, -0.1) is 0 Å². The van der Waals surface area contributed by atoms with Crippen LogP contribution in [0.3, 0.4) is 0 Å². The number of likely N-dealkylation sites (N-methyl/N-ethyl adjacent to an activating group) is 1. The summed E-state index contributed by atoms with van der Waals surface area (Å²) in [4.78, 5) is 25.5. The van der Waals surface area contributed by atoms with Crippen LogP contribution < -0.4 is 10.1 Å². The summed E-state index contributed by atoms with van der Waals surface area (Å²) in [6.45, 7) is 1.70. The Kier molecular flexibility index (Phi) is 6.25. The third kappa shape index (κ3) is 5.39. The van der Waals surface area contributed by atoms with E-state index in [9.17, 15) is 9.59 Å². The summed E-state index contributed by atoms with van der Waals surface area (Å²) >= 11 is 5.93. The Bertz CT molecular complexity index is 798. The molecule has 0 fully saturated rings. The highest BCUT2D eigenvalue weighted by Gasteiger charge is 2.13. The third-order valence-corrected chi connectivity index (χ3v) is 3.58. The van der Waals surface area contributed by atoms with E-state index < -0.39 is 0 Å². The minimum atomic E-state index is -0.362. The van der Waals surface area contributed by atoms with Crippen molar-refractivity contribution in [1.82, 2.24) is 4.90 Å². The van der Waals surface area contributed by atoms with E-state index >= 15 is 0 Å². The molecule has 0 saturated heterocycles. The monoisotopic (exact) mass is 362 g/mol. The number of benzene rings is 1. The zero-order valence-electron chi connectivity index (χ0n) is 14.2. The molecule has 0 bridgehead atoms. The molecule has 1 heterocycles. The molecule has 0 aliphatic carbocycles. The lowest BCUT2D eigenvalue weighted by Crippen LogP contribution is -2.33. The second-order valence-electron chi connectivity index (χ2n) is 5.37. The number of furan rings is 1. The van der Waals surface area contributed by atoms with Gasteiger partial charge in [-0.25, -0.2) is 0 Å². The second kappa shape index (κ2) is 8.39. The highest BCUT2D eigenvalue weighted by Crippen LogP contribution is 2.27. The van der Waals surface area contributed by atoms with Gasteiger partial charge in [0.15, 0.2) is 0 Å². The minimum absolute atomic E-state index is 0.115. The summed E-state index contributed by atoms with van der Waals surface area (Å²) in [5, 5.41) is 3.15. The van der Waals surface area contributed by atoms with Crippen LogP contribution in [0.25, 0.3) is 6.08 Å². The molecule has 7 heteroatoms. The summed E-state index contributed by atoms with van der Waals surface area (Å²) < 4.78 is 10.5. The molecule has 0 atom stereocenters. The van der Waals surface area contributed by atoms with Crippen LogP contribution in [0, 0.1) is 6.92 Å². The van der Waals surface area contributed by atoms with Gasteiger partial charge in [-0.3, -0.25) is 9.59 Å². The second-order valence-corrected chi connectivity index (χ2v) is 5.81. The number of nitrogens with one attached hydrogen (secondary N) is 1. The predicted molar refractivity (Wildman–Crippen MR) is 96.7 cm³/mol. The molecule has 1 aromatic carbocycles. The van der Waals surface area contributed by atoms with Crippen LogP contribution in [0.4, 0.5) is 5.69 Å². The number of hydrogen-bond acceptors (Lipinski definition) is 4. The van der Waals surface area contributed by atoms with Crippen LogP contribution in [0.1, 0.15) is 11.5 Å². The lowest BCUT2D eigenvalue weighted by atomic mass is 10.3. The highest BCUT2D eigenvalue weighted by molar-refractivity contribution is 6.31. The lowest BCUT2D eigenvalue weighted by Gasteiger charge is -2.16. The van der Waals surface area contributed by atoms with Crippen LogP contribution in [-0.2, 0) is 9.59 Å². The van der Waals surface area contributed by atoms with E-state index in [1.54, 1.807) is 36.4 Å². The molecule has 132 valence electrons. The van der Waals surface area contributed by atoms with E-state index in [2.05, 4.69) is 5.32 Å². The number of nitrogens with zero attached hydrogens (tertiary/aromatic N) is 1. The first-order valence-corrected chi connectivity index (χ1v) is 7.90. The highest BCUT2D eigenvalue weighted by atomic mass is 35.5. The zero-order valence-corrected chi connectivity index (χ0v) is 15.0. The van der Waals surface area contributed by atoms with E-state index in [1.165, 1.54) is 25.1 Å². The van der Waals surface area contributed by atoms with E-state index in [-0.39, 0.29) is 18.4 Å². The van der Waals surface area contributed by atoms with Crippen molar-refractivity contribution in [3.8, 4) is 5.75 Å². The molecule has 6 nitrogen and oxygen atoms in total.